The van der Waals surface area contributed by atoms with Gasteiger partial charge in [-0.1, -0.05) is 0 Å². The Morgan fingerprint density at radius 1 is 1.39 bits per heavy atom. The van der Waals surface area contributed by atoms with Crippen molar-refractivity contribution in [2.45, 2.75) is 13.5 Å². The molecule has 6 heteroatoms. The molecular formula is C12H12N4O2. The minimum Gasteiger partial charge on any atom is -0.366 e. The summed E-state index contributed by atoms with van der Waals surface area (Å²) in [6.45, 7) is 2.52. The van der Waals surface area contributed by atoms with Crippen molar-refractivity contribution in [3.63, 3.8) is 0 Å². The van der Waals surface area contributed by atoms with Gasteiger partial charge < -0.3 is 5.32 Å². The molecule has 0 unspecified atom stereocenters. The van der Waals surface area contributed by atoms with E-state index in [1.54, 1.807) is 12.4 Å². The average Bonchev–Trinajstić information content (AvgIpc) is 2.38. The number of nitro groups is 1. The standard InChI is InChI=1S/C12H12N4O2/c1-9-2-4-13-7-10(9)8-15-12-6-11(16(17)18)3-5-14-12/h2-7H,8H2,1H3,(H,14,15). The Labute approximate surface area is 104 Å². The lowest BCUT2D eigenvalue weighted by Gasteiger charge is -2.07. The first-order chi connectivity index (χ1) is 8.66. The van der Waals surface area contributed by atoms with Crippen molar-refractivity contribution >= 4 is 11.5 Å². The molecule has 0 saturated heterocycles. The van der Waals surface area contributed by atoms with E-state index in [-0.39, 0.29) is 5.69 Å². The normalized spacial score (nSPS) is 10.1. The third-order valence-corrected chi connectivity index (χ3v) is 2.56. The Morgan fingerprint density at radius 3 is 2.94 bits per heavy atom. The van der Waals surface area contributed by atoms with E-state index in [9.17, 15) is 10.1 Å². The van der Waals surface area contributed by atoms with Crippen molar-refractivity contribution in [2.75, 3.05) is 5.32 Å². The summed E-state index contributed by atoms with van der Waals surface area (Å²) in [4.78, 5) is 18.2. The van der Waals surface area contributed by atoms with Gasteiger partial charge in [0.2, 0.25) is 0 Å². The maximum atomic E-state index is 10.6. The second-order valence-corrected chi connectivity index (χ2v) is 3.81. The Morgan fingerprint density at radius 2 is 2.22 bits per heavy atom. The lowest BCUT2D eigenvalue weighted by atomic mass is 10.1. The summed E-state index contributed by atoms with van der Waals surface area (Å²) in [5.41, 5.74) is 2.17. The van der Waals surface area contributed by atoms with Crippen LogP contribution in [0.3, 0.4) is 0 Å². The van der Waals surface area contributed by atoms with Crippen LogP contribution in [0.5, 0.6) is 0 Å². The lowest BCUT2D eigenvalue weighted by Crippen LogP contribution is -2.03. The molecule has 2 aromatic heterocycles. The topological polar surface area (TPSA) is 81.0 Å². The largest absolute Gasteiger partial charge is 0.366 e. The predicted molar refractivity (Wildman–Crippen MR) is 67.2 cm³/mol. The molecule has 0 aromatic carbocycles. The van der Waals surface area contributed by atoms with Crippen molar-refractivity contribution in [1.82, 2.24) is 9.97 Å². The van der Waals surface area contributed by atoms with Gasteiger partial charge in [0.25, 0.3) is 5.69 Å². The number of hydrogen-bond donors (Lipinski definition) is 1. The zero-order valence-electron chi connectivity index (χ0n) is 9.83. The number of rotatable bonds is 4. The van der Waals surface area contributed by atoms with Gasteiger partial charge in [0.1, 0.15) is 5.82 Å². The molecule has 0 atom stereocenters. The molecule has 6 nitrogen and oxygen atoms in total. The molecule has 0 radical (unpaired) electrons. The second-order valence-electron chi connectivity index (χ2n) is 3.81. The number of hydrogen-bond acceptors (Lipinski definition) is 5. The van der Waals surface area contributed by atoms with Gasteiger partial charge in [-0.2, -0.15) is 0 Å². The summed E-state index contributed by atoms with van der Waals surface area (Å²) in [5, 5.41) is 13.7. The molecule has 0 aliphatic heterocycles. The van der Waals surface area contributed by atoms with E-state index in [1.807, 2.05) is 13.0 Å². The fourth-order valence-electron chi connectivity index (χ4n) is 1.50. The fraction of sp³-hybridized carbons (Fsp3) is 0.167. The molecule has 0 aliphatic rings. The summed E-state index contributed by atoms with van der Waals surface area (Å²) >= 11 is 0. The molecule has 0 aliphatic carbocycles. The van der Waals surface area contributed by atoms with Crippen LogP contribution in [0.15, 0.2) is 36.8 Å². The Kier molecular flexibility index (Phi) is 3.47. The van der Waals surface area contributed by atoms with E-state index >= 15 is 0 Å². The van der Waals surface area contributed by atoms with E-state index in [0.29, 0.717) is 12.4 Å². The summed E-state index contributed by atoms with van der Waals surface area (Å²) in [7, 11) is 0. The van der Waals surface area contributed by atoms with Gasteiger partial charge in [0, 0.05) is 31.2 Å². The predicted octanol–water partition coefficient (Wildman–Crippen LogP) is 2.31. The lowest BCUT2D eigenvalue weighted by molar-refractivity contribution is -0.384. The van der Waals surface area contributed by atoms with Crippen molar-refractivity contribution in [2.24, 2.45) is 0 Å². The maximum absolute atomic E-state index is 10.6. The molecular weight excluding hydrogens is 232 g/mol. The van der Waals surface area contributed by atoms with Crippen LogP contribution in [0.1, 0.15) is 11.1 Å². The van der Waals surface area contributed by atoms with Crippen LogP contribution in [0, 0.1) is 17.0 Å². The van der Waals surface area contributed by atoms with E-state index in [4.69, 9.17) is 0 Å². The van der Waals surface area contributed by atoms with Gasteiger partial charge in [-0.3, -0.25) is 15.1 Å². The van der Waals surface area contributed by atoms with Crippen LogP contribution >= 0.6 is 0 Å². The fourth-order valence-corrected chi connectivity index (χ4v) is 1.50. The van der Waals surface area contributed by atoms with E-state index in [1.165, 1.54) is 18.3 Å². The highest BCUT2D eigenvalue weighted by molar-refractivity contribution is 5.44. The molecule has 18 heavy (non-hydrogen) atoms. The van der Waals surface area contributed by atoms with Crippen LogP contribution in [0.4, 0.5) is 11.5 Å². The van der Waals surface area contributed by atoms with Crippen molar-refractivity contribution in [1.29, 1.82) is 0 Å². The van der Waals surface area contributed by atoms with Crippen LogP contribution in [-0.2, 0) is 6.54 Å². The third-order valence-electron chi connectivity index (χ3n) is 2.56. The SMILES string of the molecule is Cc1ccncc1CNc1cc([N+](=O)[O-])ccn1. The molecule has 0 spiro atoms. The molecule has 0 saturated carbocycles. The summed E-state index contributed by atoms with van der Waals surface area (Å²) in [5.74, 6) is 0.479. The Hall–Kier alpha value is -2.50. The van der Waals surface area contributed by atoms with Gasteiger partial charge in [-0.05, 0) is 24.1 Å². The smallest absolute Gasteiger partial charge is 0.274 e. The van der Waals surface area contributed by atoms with Crippen LogP contribution in [0.25, 0.3) is 0 Å². The first-order valence-electron chi connectivity index (χ1n) is 5.40. The van der Waals surface area contributed by atoms with Crippen molar-refractivity contribution in [3.05, 3.63) is 58.0 Å². The monoisotopic (exact) mass is 244 g/mol. The van der Waals surface area contributed by atoms with Gasteiger partial charge in [0.05, 0.1) is 11.0 Å². The molecule has 92 valence electrons. The summed E-state index contributed by atoms with van der Waals surface area (Å²) in [6, 6.07) is 4.68. The molecule has 0 fully saturated rings. The first kappa shape index (κ1) is 12.0. The maximum Gasteiger partial charge on any atom is 0.274 e. The number of aromatic nitrogens is 2. The molecule has 2 heterocycles. The molecule has 2 aromatic rings. The van der Waals surface area contributed by atoms with Crippen molar-refractivity contribution < 1.29 is 4.92 Å². The minimum absolute atomic E-state index is 0.0235. The first-order valence-corrected chi connectivity index (χ1v) is 5.40. The van der Waals surface area contributed by atoms with Crippen LogP contribution < -0.4 is 5.32 Å². The molecule has 0 bridgehead atoms. The van der Waals surface area contributed by atoms with E-state index in [2.05, 4.69) is 15.3 Å². The Bertz CT molecular complexity index is 572. The summed E-state index contributed by atoms with van der Waals surface area (Å²) < 4.78 is 0. The molecule has 2 rings (SSSR count). The number of aryl methyl sites for hydroxylation is 1. The second kappa shape index (κ2) is 5.22. The third kappa shape index (κ3) is 2.79. The van der Waals surface area contributed by atoms with Crippen molar-refractivity contribution in [3.8, 4) is 0 Å². The molecule has 1 N–H and O–H groups in total. The Balaban J connectivity index is 2.09. The van der Waals surface area contributed by atoms with Gasteiger partial charge >= 0.3 is 0 Å². The van der Waals surface area contributed by atoms with E-state index < -0.39 is 4.92 Å². The quantitative estimate of drug-likeness (QED) is 0.659. The number of nitrogens with zero attached hydrogens (tertiary/aromatic N) is 3. The van der Waals surface area contributed by atoms with Gasteiger partial charge in [-0.25, -0.2) is 4.98 Å². The number of pyridine rings is 2. The zero-order valence-corrected chi connectivity index (χ0v) is 9.83. The van der Waals surface area contributed by atoms with E-state index in [0.717, 1.165) is 11.1 Å². The highest BCUT2D eigenvalue weighted by Crippen LogP contribution is 2.15. The van der Waals surface area contributed by atoms with Gasteiger partial charge in [-0.15, -0.1) is 0 Å². The highest BCUT2D eigenvalue weighted by Gasteiger charge is 2.06. The van der Waals surface area contributed by atoms with Gasteiger partial charge in [0.15, 0.2) is 0 Å². The minimum atomic E-state index is -0.442. The average molecular weight is 244 g/mol. The molecule has 0 amide bonds. The van der Waals surface area contributed by atoms with Crippen LogP contribution in [-0.4, -0.2) is 14.9 Å². The van der Waals surface area contributed by atoms with Crippen LogP contribution in [0.2, 0.25) is 0 Å². The highest BCUT2D eigenvalue weighted by atomic mass is 16.6. The zero-order chi connectivity index (χ0) is 13.0. The summed E-state index contributed by atoms with van der Waals surface area (Å²) in [6.07, 6.45) is 4.90. The number of anilines is 1. The number of nitrogens with one attached hydrogen (secondary N) is 1.